The zero-order valence-corrected chi connectivity index (χ0v) is 10.2. The van der Waals surface area contributed by atoms with E-state index in [9.17, 15) is 4.79 Å². The van der Waals surface area contributed by atoms with Gasteiger partial charge in [-0.3, -0.25) is 9.48 Å². The fourth-order valence-electron chi connectivity index (χ4n) is 4.36. The van der Waals surface area contributed by atoms with Crippen molar-refractivity contribution in [3.63, 3.8) is 0 Å². The van der Waals surface area contributed by atoms with Crippen molar-refractivity contribution in [2.45, 2.75) is 31.8 Å². The first-order valence-corrected chi connectivity index (χ1v) is 6.79. The number of rotatable bonds is 3. The first-order chi connectivity index (χ1) is 8.72. The molecule has 1 aromatic rings. The molecule has 96 valence electrons. The van der Waals surface area contributed by atoms with E-state index in [0.717, 1.165) is 23.7 Å². The van der Waals surface area contributed by atoms with Crippen molar-refractivity contribution in [3.05, 3.63) is 12.4 Å². The number of nitrogen functional groups attached to an aromatic ring is 1. The average molecular weight is 246 g/mol. The van der Waals surface area contributed by atoms with Gasteiger partial charge in [0, 0.05) is 12.2 Å². The van der Waals surface area contributed by atoms with E-state index in [1.165, 1.54) is 19.3 Å². The Morgan fingerprint density at radius 3 is 2.78 bits per heavy atom. The van der Waals surface area contributed by atoms with Crippen LogP contribution in [0.15, 0.2) is 12.4 Å². The van der Waals surface area contributed by atoms with Crippen molar-refractivity contribution in [1.82, 2.24) is 15.1 Å². The van der Waals surface area contributed by atoms with E-state index < -0.39 is 0 Å². The van der Waals surface area contributed by atoms with Crippen LogP contribution >= 0.6 is 0 Å². The highest BCUT2D eigenvalue weighted by Crippen LogP contribution is 2.65. The van der Waals surface area contributed by atoms with Crippen LogP contribution in [-0.4, -0.2) is 21.7 Å². The summed E-state index contributed by atoms with van der Waals surface area (Å²) in [6.45, 7) is 0.280. The molecule has 4 unspecified atom stereocenters. The molecule has 0 spiro atoms. The molecule has 2 bridgehead atoms. The van der Waals surface area contributed by atoms with Crippen LogP contribution in [0.25, 0.3) is 0 Å². The lowest BCUT2D eigenvalue weighted by Crippen LogP contribution is -2.32. The number of anilines is 1. The molecule has 5 nitrogen and oxygen atoms in total. The summed E-state index contributed by atoms with van der Waals surface area (Å²) in [5, 5.41) is 7.20. The van der Waals surface area contributed by atoms with Gasteiger partial charge in [-0.15, -0.1) is 0 Å². The van der Waals surface area contributed by atoms with Crippen molar-refractivity contribution in [3.8, 4) is 0 Å². The number of nitrogens with zero attached hydrogens (tertiary/aromatic N) is 2. The number of amides is 1. The monoisotopic (exact) mass is 246 g/mol. The van der Waals surface area contributed by atoms with Crippen molar-refractivity contribution in [2.75, 3.05) is 5.73 Å². The van der Waals surface area contributed by atoms with Crippen LogP contribution in [0.5, 0.6) is 0 Å². The van der Waals surface area contributed by atoms with E-state index in [4.69, 9.17) is 5.73 Å². The number of nitrogens with one attached hydrogen (secondary N) is 1. The topological polar surface area (TPSA) is 72.9 Å². The summed E-state index contributed by atoms with van der Waals surface area (Å²) in [7, 11) is 0. The number of nitrogens with two attached hydrogens (primary N) is 1. The van der Waals surface area contributed by atoms with Gasteiger partial charge < -0.3 is 11.1 Å². The molecule has 3 aliphatic carbocycles. The molecule has 0 radical (unpaired) electrons. The highest BCUT2D eigenvalue weighted by molar-refractivity contribution is 5.76. The van der Waals surface area contributed by atoms with Gasteiger partial charge in [0.05, 0.1) is 11.9 Å². The number of carbonyl (C=O) groups is 1. The summed E-state index contributed by atoms with van der Waals surface area (Å²) >= 11 is 0. The minimum Gasteiger partial charge on any atom is -0.396 e. The second-order valence-corrected chi connectivity index (χ2v) is 6.05. The van der Waals surface area contributed by atoms with E-state index in [1.807, 2.05) is 0 Å². The standard InChI is InChI=1S/C13H18N4O/c14-9-4-15-17(5-9)6-10(18)16-13-11-7-1-2-8(3-7)12(11)13/h4-5,7-8,11-13H,1-3,6,14H2,(H,16,18). The Labute approximate surface area is 106 Å². The summed E-state index contributed by atoms with van der Waals surface area (Å²) in [5.74, 6) is 3.43. The van der Waals surface area contributed by atoms with E-state index in [2.05, 4.69) is 10.4 Å². The Kier molecular flexibility index (Phi) is 2.02. The lowest BCUT2D eigenvalue weighted by molar-refractivity contribution is -0.122. The van der Waals surface area contributed by atoms with Crippen LogP contribution in [0.2, 0.25) is 0 Å². The largest absolute Gasteiger partial charge is 0.396 e. The van der Waals surface area contributed by atoms with Gasteiger partial charge >= 0.3 is 0 Å². The van der Waals surface area contributed by atoms with E-state index in [1.54, 1.807) is 17.1 Å². The minimum absolute atomic E-state index is 0.0666. The summed E-state index contributed by atoms with van der Waals surface area (Å²) in [5.41, 5.74) is 6.17. The minimum atomic E-state index is 0.0666. The fourth-order valence-corrected chi connectivity index (χ4v) is 4.36. The Morgan fingerprint density at radius 2 is 2.17 bits per heavy atom. The smallest absolute Gasteiger partial charge is 0.241 e. The maximum atomic E-state index is 11.9. The third kappa shape index (κ3) is 1.46. The van der Waals surface area contributed by atoms with E-state index in [0.29, 0.717) is 11.7 Å². The molecule has 0 saturated heterocycles. The van der Waals surface area contributed by atoms with Crippen molar-refractivity contribution in [1.29, 1.82) is 0 Å². The number of hydrogen-bond donors (Lipinski definition) is 2. The fraction of sp³-hybridized carbons (Fsp3) is 0.692. The summed E-state index contributed by atoms with van der Waals surface area (Å²) < 4.78 is 1.59. The number of fused-ring (bicyclic) bond motifs is 5. The van der Waals surface area contributed by atoms with Crippen LogP contribution in [0.1, 0.15) is 19.3 Å². The molecule has 0 aliphatic heterocycles. The lowest BCUT2D eigenvalue weighted by atomic mass is 10.0. The van der Waals surface area contributed by atoms with Crippen molar-refractivity contribution in [2.24, 2.45) is 23.7 Å². The molecular formula is C13H18N4O. The van der Waals surface area contributed by atoms with Gasteiger partial charge in [-0.05, 0) is 42.9 Å². The Morgan fingerprint density at radius 1 is 1.44 bits per heavy atom. The van der Waals surface area contributed by atoms with Gasteiger partial charge in [-0.2, -0.15) is 5.10 Å². The zero-order valence-electron chi connectivity index (χ0n) is 10.2. The molecule has 3 saturated carbocycles. The maximum absolute atomic E-state index is 11.9. The molecule has 18 heavy (non-hydrogen) atoms. The van der Waals surface area contributed by atoms with E-state index >= 15 is 0 Å². The number of hydrogen-bond acceptors (Lipinski definition) is 3. The first kappa shape index (κ1) is 10.4. The van der Waals surface area contributed by atoms with Gasteiger partial charge in [0.1, 0.15) is 6.54 Å². The molecule has 3 aliphatic rings. The van der Waals surface area contributed by atoms with Crippen LogP contribution in [0.4, 0.5) is 5.69 Å². The number of carbonyl (C=O) groups excluding carboxylic acids is 1. The third-order valence-electron chi connectivity index (χ3n) is 5.02. The number of aromatic nitrogens is 2. The molecule has 4 rings (SSSR count). The molecule has 1 heterocycles. The van der Waals surface area contributed by atoms with Crippen molar-refractivity contribution < 1.29 is 4.79 Å². The van der Waals surface area contributed by atoms with Crippen LogP contribution in [0, 0.1) is 23.7 Å². The van der Waals surface area contributed by atoms with Crippen molar-refractivity contribution >= 4 is 11.6 Å². The predicted molar refractivity (Wildman–Crippen MR) is 66.4 cm³/mol. The quantitative estimate of drug-likeness (QED) is 0.821. The van der Waals surface area contributed by atoms with Crippen LogP contribution < -0.4 is 11.1 Å². The Bertz CT molecular complexity index is 481. The third-order valence-corrected chi connectivity index (χ3v) is 5.02. The zero-order chi connectivity index (χ0) is 12.3. The highest BCUT2D eigenvalue weighted by Gasteiger charge is 2.65. The van der Waals surface area contributed by atoms with E-state index in [-0.39, 0.29) is 12.5 Å². The van der Waals surface area contributed by atoms with Gasteiger partial charge in [0.15, 0.2) is 0 Å². The molecule has 3 N–H and O–H groups in total. The average Bonchev–Trinajstić information content (AvgIpc) is 2.75. The molecule has 4 atom stereocenters. The molecule has 0 aromatic carbocycles. The molecular weight excluding hydrogens is 228 g/mol. The first-order valence-electron chi connectivity index (χ1n) is 6.79. The molecule has 1 amide bonds. The summed E-state index contributed by atoms with van der Waals surface area (Å²) in [4.78, 5) is 11.9. The van der Waals surface area contributed by atoms with Crippen LogP contribution in [-0.2, 0) is 11.3 Å². The van der Waals surface area contributed by atoms with Gasteiger partial charge in [0.2, 0.25) is 5.91 Å². The molecule has 5 heteroatoms. The normalized spacial score (nSPS) is 39.7. The Balaban J connectivity index is 1.35. The molecule has 1 aromatic heterocycles. The predicted octanol–water partition coefficient (Wildman–Crippen LogP) is 0.626. The van der Waals surface area contributed by atoms with Gasteiger partial charge in [0.25, 0.3) is 0 Å². The molecule has 3 fully saturated rings. The summed E-state index contributed by atoms with van der Waals surface area (Å²) in [6, 6.07) is 0.455. The SMILES string of the molecule is Nc1cnn(CC(=O)NC2C3C4CCC(C4)C23)c1. The Hall–Kier alpha value is -1.52. The van der Waals surface area contributed by atoms with Crippen LogP contribution in [0.3, 0.4) is 0 Å². The van der Waals surface area contributed by atoms with Gasteiger partial charge in [-0.1, -0.05) is 0 Å². The summed E-state index contributed by atoms with van der Waals surface area (Å²) in [6.07, 6.45) is 7.44. The second-order valence-electron chi connectivity index (χ2n) is 6.05. The van der Waals surface area contributed by atoms with Gasteiger partial charge in [-0.25, -0.2) is 0 Å². The highest BCUT2D eigenvalue weighted by atomic mass is 16.2. The maximum Gasteiger partial charge on any atom is 0.241 e. The second kappa shape index (κ2) is 3.49. The lowest BCUT2D eigenvalue weighted by Gasteiger charge is -2.10.